The van der Waals surface area contributed by atoms with Crippen LogP contribution in [-0.4, -0.2) is 23.1 Å². The molecule has 1 aliphatic rings. The smallest absolute Gasteiger partial charge is 0.172 e. The molecule has 0 aliphatic carbocycles. The first-order valence-electron chi connectivity index (χ1n) is 6.00. The summed E-state index contributed by atoms with van der Waals surface area (Å²) in [6.45, 7) is 1.36. The summed E-state index contributed by atoms with van der Waals surface area (Å²) in [6, 6.07) is 5.73. The largest absolute Gasteiger partial charge is 0.316 e. The Bertz CT molecular complexity index is 581. The molecular weight excluding hydrogens is 297 g/mol. The molecule has 18 heavy (non-hydrogen) atoms. The van der Waals surface area contributed by atoms with Crippen molar-refractivity contribution in [3.8, 4) is 0 Å². The molecule has 1 N–H and O–H groups in total. The maximum absolute atomic E-state index is 14.7. The summed E-state index contributed by atoms with van der Waals surface area (Å²) in [5.41, 5.74) is -0.592. The van der Waals surface area contributed by atoms with Crippen LogP contribution in [0.25, 0.3) is 10.9 Å². The summed E-state index contributed by atoms with van der Waals surface area (Å²) in [5.74, 6) is 0.318. The first-order valence-corrected chi connectivity index (χ1v) is 6.79. The van der Waals surface area contributed by atoms with Gasteiger partial charge < -0.3 is 5.32 Å². The van der Waals surface area contributed by atoms with Gasteiger partial charge >= 0.3 is 0 Å². The van der Waals surface area contributed by atoms with E-state index in [-0.39, 0.29) is 0 Å². The maximum atomic E-state index is 14.7. The molecule has 0 saturated carbocycles. The van der Waals surface area contributed by atoms with E-state index in [0.29, 0.717) is 31.8 Å². The van der Waals surface area contributed by atoms with Gasteiger partial charge in [-0.05, 0) is 31.3 Å². The van der Waals surface area contributed by atoms with Gasteiger partial charge in [-0.2, -0.15) is 0 Å². The van der Waals surface area contributed by atoms with Crippen LogP contribution < -0.4 is 5.32 Å². The highest BCUT2D eigenvalue weighted by Crippen LogP contribution is 2.33. The highest BCUT2D eigenvalue weighted by molar-refractivity contribution is 9.10. The summed E-state index contributed by atoms with van der Waals surface area (Å²) in [7, 11) is 0. The zero-order valence-electron chi connectivity index (χ0n) is 9.79. The van der Waals surface area contributed by atoms with Crippen molar-refractivity contribution in [2.24, 2.45) is 0 Å². The van der Waals surface area contributed by atoms with Crippen molar-refractivity contribution in [2.75, 3.05) is 13.1 Å². The van der Waals surface area contributed by atoms with Crippen LogP contribution in [-0.2, 0) is 5.67 Å². The molecule has 3 nitrogen and oxygen atoms in total. The first-order chi connectivity index (χ1) is 8.67. The van der Waals surface area contributed by atoms with Crippen LogP contribution in [0, 0.1) is 0 Å². The molecule has 1 saturated heterocycles. The lowest BCUT2D eigenvalue weighted by Crippen LogP contribution is -2.37. The van der Waals surface area contributed by atoms with Gasteiger partial charge in [-0.3, -0.25) is 0 Å². The molecule has 5 heteroatoms. The van der Waals surface area contributed by atoms with Gasteiger partial charge in [0.25, 0.3) is 0 Å². The average molecular weight is 310 g/mol. The lowest BCUT2D eigenvalue weighted by atomic mass is 9.93. The SMILES string of the molecule is FC1(c2ncc3cc(Br)ccc3n2)CCNCC1. The van der Waals surface area contributed by atoms with Gasteiger partial charge in [0.1, 0.15) is 0 Å². The van der Waals surface area contributed by atoms with Gasteiger partial charge in [0.15, 0.2) is 11.5 Å². The third-order valence-electron chi connectivity index (χ3n) is 3.34. The van der Waals surface area contributed by atoms with E-state index in [4.69, 9.17) is 0 Å². The number of rotatable bonds is 1. The number of nitrogens with one attached hydrogen (secondary N) is 1. The number of halogens is 2. The van der Waals surface area contributed by atoms with E-state index in [0.717, 1.165) is 15.4 Å². The molecule has 1 aromatic heterocycles. The molecule has 2 aromatic rings. The lowest BCUT2D eigenvalue weighted by molar-refractivity contribution is 0.104. The van der Waals surface area contributed by atoms with Gasteiger partial charge in [0, 0.05) is 28.9 Å². The zero-order chi connectivity index (χ0) is 12.6. The molecule has 94 valence electrons. The average Bonchev–Trinajstić information content (AvgIpc) is 2.39. The lowest BCUT2D eigenvalue weighted by Gasteiger charge is -2.28. The minimum Gasteiger partial charge on any atom is -0.316 e. The number of nitrogens with zero attached hydrogens (tertiary/aromatic N) is 2. The quantitative estimate of drug-likeness (QED) is 0.880. The Hall–Kier alpha value is -1.07. The van der Waals surface area contributed by atoms with Gasteiger partial charge in [-0.25, -0.2) is 14.4 Å². The maximum Gasteiger partial charge on any atom is 0.172 e. The zero-order valence-corrected chi connectivity index (χ0v) is 11.4. The van der Waals surface area contributed by atoms with Crippen LogP contribution in [0.5, 0.6) is 0 Å². The molecule has 3 rings (SSSR count). The highest BCUT2D eigenvalue weighted by Gasteiger charge is 2.36. The van der Waals surface area contributed by atoms with Gasteiger partial charge in [0.2, 0.25) is 0 Å². The number of hydrogen-bond donors (Lipinski definition) is 1. The molecule has 0 amide bonds. The molecule has 1 fully saturated rings. The molecule has 0 spiro atoms. The number of hydrogen-bond acceptors (Lipinski definition) is 3. The fourth-order valence-electron chi connectivity index (χ4n) is 2.27. The Morgan fingerprint density at radius 1 is 1.28 bits per heavy atom. The van der Waals surface area contributed by atoms with Crippen LogP contribution in [0.15, 0.2) is 28.9 Å². The Morgan fingerprint density at radius 3 is 2.83 bits per heavy atom. The summed E-state index contributed by atoms with van der Waals surface area (Å²) < 4.78 is 15.7. The van der Waals surface area contributed by atoms with Gasteiger partial charge in [-0.15, -0.1) is 0 Å². The second kappa shape index (κ2) is 4.55. The molecule has 0 atom stereocenters. The van der Waals surface area contributed by atoms with Crippen molar-refractivity contribution < 1.29 is 4.39 Å². The Morgan fingerprint density at radius 2 is 2.06 bits per heavy atom. The first kappa shape index (κ1) is 12.0. The van der Waals surface area contributed by atoms with Crippen molar-refractivity contribution in [3.63, 3.8) is 0 Å². The fraction of sp³-hybridized carbons (Fsp3) is 0.385. The second-order valence-corrected chi connectivity index (χ2v) is 5.53. The highest BCUT2D eigenvalue weighted by atomic mass is 79.9. The fourth-order valence-corrected chi connectivity index (χ4v) is 2.65. The van der Waals surface area contributed by atoms with Crippen LogP contribution in [0.1, 0.15) is 18.7 Å². The summed E-state index contributed by atoms with van der Waals surface area (Å²) in [6.07, 6.45) is 2.58. The van der Waals surface area contributed by atoms with E-state index in [2.05, 4.69) is 31.2 Å². The normalized spacial score (nSPS) is 19.0. The van der Waals surface area contributed by atoms with E-state index in [1.54, 1.807) is 6.20 Å². The Labute approximate surface area is 113 Å². The van der Waals surface area contributed by atoms with E-state index < -0.39 is 5.67 Å². The van der Waals surface area contributed by atoms with E-state index in [1.807, 2.05) is 18.2 Å². The van der Waals surface area contributed by atoms with Crippen molar-refractivity contribution >= 4 is 26.8 Å². The van der Waals surface area contributed by atoms with E-state index >= 15 is 0 Å². The van der Waals surface area contributed by atoms with Crippen molar-refractivity contribution in [1.29, 1.82) is 0 Å². The standard InChI is InChI=1S/C13H13BrFN3/c14-10-1-2-11-9(7-10)8-17-12(18-11)13(15)3-5-16-6-4-13/h1-2,7-8,16H,3-6H2. The van der Waals surface area contributed by atoms with Crippen LogP contribution >= 0.6 is 15.9 Å². The van der Waals surface area contributed by atoms with Crippen LogP contribution in [0.3, 0.4) is 0 Å². The Kier molecular flexibility index (Phi) is 3.03. The molecule has 0 unspecified atom stereocenters. The minimum absolute atomic E-state index is 0.318. The molecule has 0 bridgehead atoms. The van der Waals surface area contributed by atoms with Gasteiger partial charge in [0.05, 0.1) is 5.52 Å². The van der Waals surface area contributed by atoms with Crippen molar-refractivity contribution in [1.82, 2.24) is 15.3 Å². The third kappa shape index (κ3) is 2.12. The molecular formula is C13H13BrFN3. The molecule has 2 heterocycles. The third-order valence-corrected chi connectivity index (χ3v) is 3.83. The number of piperidine rings is 1. The van der Waals surface area contributed by atoms with E-state index in [9.17, 15) is 4.39 Å². The van der Waals surface area contributed by atoms with Gasteiger partial charge in [-0.1, -0.05) is 15.9 Å². The predicted octanol–water partition coefficient (Wildman–Crippen LogP) is 2.94. The van der Waals surface area contributed by atoms with E-state index in [1.165, 1.54) is 0 Å². The van der Waals surface area contributed by atoms with Crippen molar-refractivity contribution in [3.05, 3.63) is 34.7 Å². The summed E-state index contributed by atoms with van der Waals surface area (Å²) >= 11 is 3.40. The monoisotopic (exact) mass is 309 g/mol. The Balaban J connectivity index is 2.05. The summed E-state index contributed by atoms with van der Waals surface area (Å²) in [4.78, 5) is 8.59. The van der Waals surface area contributed by atoms with Crippen LogP contribution in [0.4, 0.5) is 4.39 Å². The topological polar surface area (TPSA) is 37.8 Å². The second-order valence-electron chi connectivity index (χ2n) is 4.61. The van der Waals surface area contributed by atoms with Crippen molar-refractivity contribution in [2.45, 2.75) is 18.5 Å². The predicted molar refractivity (Wildman–Crippen MR) is 72.1 cm³/mol. The summed E-state index contributed by atoms with van der Waals surface area (Å²) in [5, 5.41) is 4.07. The van der Waals surface area contributed by atoms with Crippen LogP contribution in [0.2, 0.25) is 0 Å². The number of fused-ring (bicyclic) bond motifs is 1. The molecule has 0 radical (unpaired) electrons. The number of benzene rings is 1. The number of aromatic nitrogens is 2. The molecule has 1 aliphatic heterocycles. The minimum atomic E-state index is -1.38. The molecule has 1 aromatic carbocycles. The number of alkyl halides is 1.